The SMILES string of the molecule is CN1C/C=C/CCOc2cccc(c2)-c2ccnc(n2)Nc2ccc(OC(F)(F)F)c(c2)C1. The van der Waals surface area contributed by atoms with E-state index in [1.54, 1.807) is 18.3 Å². The zero-order chi connectivity index (χ0) is 23.3. The lowest BCUT2D eigenvalue weighted by Crippen LogP contribution is -2.21. The molecule has 0 aliphatic carbocycles. The fraction of sp³-hybridized carbons (Fsp3) is 0.250. The Kier molecular flexibility index (Phi) is 6.79. The van der Waals surface area contributed by atoms with Crippen LogP contribution >= 0.6 is 0 Å². The first-order valence-electron chi connectivity index (χ1n) is 10.4. The summed E-state index contributed by atoms with van der Waals surface area (Å²) < 4.78 is 48.8. The number of hydrogen-bond acceptors (Lipinski definition) is 6. The molecule has 0 amide bonds. The summed E-state index contributed by atoms with van der Waals surface area (Å²) in [7, 11) is 1.83. The maximum atomic E-state index is 12.9. The summed E-state index contributed by atoms with van der Waals surface area (Å²) in [5, 5.41) is 3.08. The van der Waals surface area contributed by atoms with Crippen LogP contribution in [0.4, 0.5) is 24.8 Å². The minimum Gasteiger partial charge on any atom is -0.493 e. The largest absolute Gasteiger partial charge is 0.573 e. The van der Waals surface area contributed by atoms with E-state index in [4.69, 9.17) is 4.74 Å². The van der Waals surface area contributed by atoms with E-state index in [0.717, 1.165) is 11.3 Å². The van der Waals surface area contributed by atoms with Gasteiger partial charge in [0.15, 0.2) is 0 Å². The van der Waals surface area contributed by atoms with Crippen molar-refractivity contribution < 1.29 is 22.6 Å². The van der Waals surface area contributed by atoms with E-state index < -0.39 is 6.36 Å². The van der Waals surface area contributed by atoms with Crippen molar-refractivity contribution in [3.05, 3.63) is 72.4 Å². The molecule has 0 saturated heterocycles. The van der Waals surface area contributed by atoms with Gasteiger partial charge in [0.2, 0.25) is 5.95 Å². The highest BCUT2D eigenvalue weighted by Crippen LogP contribution is 2.31. The first-order chi connectivity index (χ1) is 15.9. The molecule has 6 nitrogen and oxygen atoms in total. The lowest BCUT2D eigenvalue weighted by Gasteiger charge is -2.19. The van der Waals surface area contributed by atoms with Gasteiger partial charge < -0.3 is 14.8 Å². The summed E-state index contributed by atoms with van der Waals surface area (Å²) in [4.78, 5) is 10.7. The van der Waals surface area contributed by atoms with Gasteiger partial charge >= 0.3 is 6.36 Å². The van der Waals surface area contributed by atoms with Gasteiger partial charge in [-0.15, -0.1) is 13.2 Å². The highest BCUT2D eigenvalue weighted by atomic mass is 19.4. The molecule has 0 atom stereocenters. The summed E-state index contributed by atoms with van der Waals surface area (Å²) in [5.41, 5.74) is 2.50. The second-order valence-electron chi connectivity index (χ2n) is 7.59. The zero-order valence-electron chi connectivity index (χ0n) is 18.0. The van der Waals surface area contributed by atoms with Gasteiger partial charge in [-0.05, 0) is 49.9 Å². The monoisotopic (exact) mass is 456 g/mol. The third-order valence-electron chi connectivity index (χ3n) is 4.90. The van der Waals surface area contributed by atoms with Crippen molar-refractivity contribution in [2.24, 2.45) is 0 Å². The predicted octanol–water partition coefficient (Wildman–Crippen LogP) is 5.56. The fourth-order valence-electron chi connectivity index (χ4n) is 3.43. The van der Waals surface area contributed by atoms with Gasteiger partial charge in [-0.25, -0.2) is 9.97 Å². The summed E-state index contributed by atoms with van der Waals surface area (Å²) in [5.74, 6) is 0.835. The summed E-state index contributed by atoms with van der Waals surface area (Å²) in [6.45, 7) is 1.32. The van der Waals surface area contributed by atoms with Crippen molar-refractivity contribution in [3.63, 3.8) is 0 Å². The highest BCUT2D eigenvalue weighted by molar-refractivity contribution is 5.64. The van der Waals surface area contributed by atoms with Crippen LogP contribution in [0.25, 0.3) is 11.3 Å². The third-order valence-corrected chi connectivity index (χ3v) is 4.90. The number of alkyl halides is 3. The molecule has 1 aromatic heterocycles. The van der Waals surface area contributed by atoms with Crippen LogP contribution in [0, 0.1) is 0 Å². The van der Waals surface area contributed by atoms with Gasteiger partial charge in [0, 0.05) is 36.1 Å². The van der Waals surface area contributed by atoms with Crippen LogP contribution in [0.2, 0.25) is 0 Å². The number of anilines is 2. The Bertz CT molecular complexity index is 1130. The van der Waals surface area contributed by atoms with Crippen molar-refractivity contribution >= 4 is 11.6 Å². The number of halogens is 3. The van der Waals surface area contributed by atoms with E-state index in [1.807, 2.05) is 48.4 Å². The minimum absolute atomic E-state index is 0.238. The van der Waals surface area contributed by atoms with Crippen LogP contribution in [0.3, 0.4) is 0 Å². The van der Waals surface area contributed by atoms with E-state index in [2.05, 4.69) is 20.0 Å². The topological polar surface area (TPSA) is 59.5 Å². The molecule has 2 aromatic carbocycles. The van der Waals surface area contributed by atoms with Gasteiger partial charge in [-0.1, -0.05) is 24.3 Å². The number of benzene rings is 2. The number of likely N-dealkylation sites (N-methyl/N-ethyl adjacent to an activating group) is 1. The standard InChI is InChI=1S/C24H23F3N4O2/c1-31-12-3-2-4-13-32-20-7-5-6-17(15-20)21-10-11-28-23(30-21)29-19-8-9-22(18(14-19)16-31)33-24(25,26)27/h2-3,5-11,14-15H,4,12-13,16H2,1H3,(H,28,29,30)/b3-2+. The van der Waals surface area contributed by atoms with Crippen LogP contribution in [-0.4, -0.2) is 41.4 Å². The Hall–Kier alpha value is -3.59. The van der Waals surface area contributed by atoms with Crippen LogP contribution < -0.4 is 14.8 Å². The van der Waals surface area contributed by atoms with E-state index in [0.29, 0.717) is 42.5 Å². The molecule has 0 saturated carbocycles. The van der Waals surface area contributed by atoms with E-state index >= 15 is 0 Å². The predicted molar refractivity (Wildman–Crippen MR) is 119 cm³/mol. The Balaban J connectivity index is 1.70. The molecule has 0 spiro atoms. The maximum absolute atomic E-state index is 12.9. The maximum Gasteiger partial charge on any atom is 0.573 e. The van der Waals surface area contributed by atoms with E-state index in [9.17, 15) is 13.2 Å². The van der Waals surface area contributed by atoms with Crippen LogP contribution in [0.5, 0.6) is 11.5 Å². The smallest absolute Gasteiger partial charge is 0.493 e. The molecule has 172 valence electrons. The van der Waals surface area contributed by atoms with Crippen molar-refractivity contribution in [3.8, 4) is 22.8 Å². The summed E-state index contributed by atoms with van der Waals surface area (Å²) in [6, 6.07) is 13.8. The zero-order valence-corrected chi connectivity index (χ0v) is 18.0. The van der Waals surface area contributed by atoms with Crippen LogP contribution in [0.15, 0.2) is 66.9 Å². The molecule has 0 radical (unpaired) electrons. The molecular weight excluding hydrogens is 433 g/mol. The molecule has 1 N–H and O–H groups in total. The van der Waals surface area contributed by atoms with Crippen LogP contribution in [0.1, 0.15) is 12.0 Å². The molecule has 33 heavy (non-hydrogen) atoms. The lowest BCUT2D eigenvalue weighted by atomic mass is 10.1. The number of aromatic nitrogens is 2. The molecule has 9 heteroatoms. The molecule has 6 bridgehead atoms. The van der Waals surface area contributed by atoms with Crippen molar-refractivity contribution in [2.45, 2.75) is 19.3 Å². The van der Waals surface area contributed by atoms with E-state index in [-0.39, 0.29) is 12.3 Å². The molecule has 0 fully saturated rings. The second-order valence-corrected chi connectivity index (χ2v) is 7.59. The Morgan fingerprint density at radius 1 is 1.09 bits per heavy atom. The summed E-state index contributed by atoms with van der Waals surface area (Å²) in [6.07, 6.45) is 1.51. The van der Waals surface area contributed by atoms with Crippen LogP contribution in [-0.2, 0) is 6.54 Å². The summed E-state index contributed by atoms with van der Waals surface area (Å²) >= 11 is 0. The molecule has 1 aliphatic heterocycles. The number of fused-ring (bicyclic) bond motifs is 7. The normalized spacial score (nSPS) is 16.0. The molecule has 3 aromatic rings. The molecule has 2 heterocycles. The molecule has 0 unspecified atom stereocenters. The van der Waals surface area contributed by atoms with Crippen molar-refractivity contribution in [1.82, 2.24) is 14.9 Å². The highest BCUT2D eigenvalue weighted by Gasteiger charge is 2.32. The number of ether oxygens (including phenoxy) is 2. The number of hydrogen-bond donors (Lipinski definition) is 1. The van der Waals surface area contributed by atoms with Gasteiger partial charge in [-0.3, -0.25) is 4.90 Å². The van der Waals surface area contributed by atoms with Crippen molar-refractivity contribution in [1.29, 1.82) is 0 Å². The fourth-order valence-corrected chi connectivity index (χ4v) is 3.43. The average Bonchev–Trinajstić information content (AvgIpc) is 2.77. The third kappa shape index (κ3) is 6.45. The number of nitrogens with one attached hydrogen (secondary N) is 1. The molecule has 1 aliphatic rings. The number of nitrogens with zero attached hydrogens (tertiary/aromatic N) is 3. The minimum atomic E-state index is -4.78. The van der Waals surface area contributed by atoms with E-state index in [1.165, 1.54) is 12.1 Å². The Morgan fingerprint density at radius 3 is 2.82 bits per heavy atom. The second kappa shape index (κ2) is 9.91. The first kappa shape index (κ1) is 22.6. The number of rotatable bonds is 1. The molecular formula is C24H23F3N4O2. The van der Waals surface area contributed by atoms with Crippen molar-refractivity contribution in [2.75, 3.05) is 25.5 Å². The first-order valence-corrected chi connectivity index (χ1v) is 10.4. The quantitative estimate of drug-likeness (QED) is 0.484. The van der Waals surface area contributed by atoms with Gasteiger partial charge in [-0.2, -0.15) is 0 Å². The molecule has 4 rings (SSSR count). The average molecular weight is 456 g/mol. The lowest BCUT2D eigenvalue weighted by molar-refractivity contribution is -0.275. The van der Waals surface area contributed by atoms with Gasteiger partial charge in [0.05, 0.1) is 12.3 Å². The van der Waals surface area contributed by atoms with Gasteiger partial charge in [0.25, 0.3) is 0 Å². The Labute approximate surface area is 189 Å². The van der Waals surface area contributed by atoms with Gasteiger partial charge in [0.1, 0.15) is 11.5 Å². The Morgan fingerprint density at radius 2 is 1.97 bits per heavy atom.